The molecule has 1 aliphatic rings. The second-order valence-electron chi connectivity index (χ2n) is 7.03. The molecule has 0 aromatic carbocycles. The first-order valence-electron chi connectivity index (χ1n) is 6.99. The molecule has 0 bridgehead atoms. The zero-order valence-electron chi connectivity index (χ0n) is 12.8. The fourth-order valence-electron chi connectivity index (χ4n) is 2.67. The molecule has 2 unspecified atom stereocenters. The topological polar surface area (TPSA) is 15.3 Å². The highest BCUT2D eigenvalue weighted by Crippen LogP contribution is 2.28. The lowest BCUT2D eigenvalue weighted by Gasteiger charge is -2.47. The van der Waals surface area contributed by atoms with Crippen molar-refractivity contribution in [2.45, 2.75) is 53.6 Å². The Balaban J connectivity index is 2.79. The van der Waals surface area contributed by atoms with Crippen molar-refractivity contribution >= 4 is 11.6 Å². The summed E-state index contributed by atoms with van der Waals surface area (Å²) in [5, 5.41) is 3.70. The Bertz CT molecular complexity index is 291. The fourth-order valence-corrected chi connectivity index (χ4v) is 2.74. The number of hydrogen-bond acceptors (Lipinski definition) is 2. The molecule has 1 saturated heterocycles. The number of halogens is 1. The summed E-state index contributed by atoms with van der Waals surface area (Å²) in [6.07, 6.45) is 0. The van der Waals surface area contributed by atoms with Crippen molar-refractivity contribution < 1.29 is 0 Å². The predicted octanol–water partition coefficient (Wildman–Crippen LogP) is 3.47. The molecule has 1 rings (SSSR count). The van der Waals surface area contributed by atoms with Gasteiger partial charge in [-0.05, 0) is 23.8 Å². The highest BCUT2D eigenvalue weighted by Gasteiger charge is 2.36. The zero-order valence-corrected chi connectivity index (χ0v) is 13.5. The van der Waals surface area contributed by atoms with Crippen molar-refractivity contribution in [3.63, 3.8) is 0 Å². The highest BCUT2D eigenvalue weighted by atomic mass is 35.5. The van der Waals surface area contributed by atoms with Crippen LogP contribution in [0, 0.1) is 11.3 Å². The van der Waals surface area contributed by atoms with Crippen molar-refractivity contribution in [1.29, 1.82) is 0 Å². The molecule has 2 nitrogen and oxygen atoms in total. The molecule has 106 valence electrons. The van der Waals surface area contributed by atoms with Crippen LogP contribution in [0.15, 0.2) is 11.1 Å². The maximum absolute atomic E-state index is 5.83. The van der Waals surface area contributed by atoms with E-state index in [0.717, 1.165) is 19.6 Å². The van der Waals surface area contributed by atoms with E-state index in [2.05, 4.69) is 51.8 Å². The molecule has 0 aromatic rings. The Morgan fingerprint density at radius 3 is 2.50 bits per heavy atom. The fraction of sp³-hybridized carbons (Fsp3) is 0.867. The lowest BCUT2D eigenvalue weighted by atomic mass is 9.83. The number of piperazine rings is 1. The van der Waals surface area contributed by atoms with Gasteiger partial charge in [0.1, 0.15) is 0 Å². The monoisotopic (exact) mass is 272 g/mol. The lowest BCUT2D eigenvalue weighted by Crippen LogP contribution is -2.61. The van der Waals surface area contributed by atoms with Crippen LogP contribution in [0.1, 0.15) is 41.5 Å². The molecule has 0 aromatic heterocycles. The average molecular weight is 273 g/mol. The van der Waals surface area contributed by atoms with Crippen LogP contribution < -0.4 is 5.32 Å². The van der Waals surface area contributed by atoms with Gasteiger partial charge >= 0.3 is 0 Å². The van der Waals surface area contributed by atoms with E-state index in [1.54, 1.807) is 5.54 Å². The molecule has 3 heteroatoms. The SMILES string of the molecule is CC(=CCl)CN1CC(C(C)C)NCC1C(C)(C)C. The highest BCUT2D eigenvalue weighted by molar-refractivity contribution is 6.25. The number of nitrogens with one attached hydrogen (secondary N) is 1. The van der Waals surface area contributed by atoms with Crippen LogP contribution in [-0.4, -0.2) is 36.6 Å². The Kier molecular flexibility index (Phi) is 5.69. The predicted molar refractivity (Wildman–Crippen MR) is 81.1 cm³/mol. The Morgan fingerprint density at radius 2 is 2.06 bits per heavy atom. The largest absolute Gasteiger partial charge is 0.311 e. The average Bonchev–Trinajstić information content (AvgIpc) is 2.27. The number of nitrogens with zero attached hydrogens (tertiary/aromatic N) is 1. The third-order valence-corrected chi connectivity index (χ3v) is 4.26. The Hall–Kier alpha value is -0.0500. The summed E-state index contributed by atoms with van der Waals surface area (Å²) in [4.78, 5) is 2.59. The molecular formula is C15H29ClN2. The van der Waals surface area contributed by atoms with E-state index in [0.29, 0.717) is 23.4 Å². The van der Waals surface area contributed by atoms with Crippen molar-refractivity contribution in [3.8, 4) is 0 Å². The second kappa shape index (κ2) is 6.40. The summed E-state index contributed by atoms with van der Waals surface area (Å²) in [6.45, 7) is 16.8. The van der Waals surface area contributed by atoms with Gasteiger partial charge in [-0.25, -0.2) is 0 Å². The van der Waals surface area contributed by atoms with Gasteiger partial charge in [-0.15, -0.1) is 0 Å². The van der Waals surface area contributed by atoms with Gasteiger partial charge in [0.25, 0.3) is 0 Å². The minimum atomic E-state index is 0.293. The van der Waals surface area contributed by atoms with Gasteiger partial charge in [0.15, 0.2) is 0 Å². The molecule has 0 radical (unpaired) electrons. The first kappa shape index (κ1) is 16.0. The zero-order chi connectivity index (χ0) is 13.9. The van der Waals surface area contributed by atoms with Gasteiger partial charge in [0.2, 0.25) is 0 Å². The number of rotatable bonds is 3. The third-order valence-electron chi connectivity index (χ3n) is 3.89. The molecule has 0 spiro atoms. The van der Waals surface area contributed by atoms with E-state index >= 15 is 0 Å². The second-order valence-corrected chi connectivity index (χ2v) is 7.24. The Labute approximate surface area is 118 Å². The summed E-state index contributed by atoms with van der Waals surface area (Å²) in [5.74, 6) is 0.675. The standard InChI is InChI=1S/C15H29ClN2/c1-11(2)13-10-18(9-12(3)7-16)14(8-17-13)15(4,5)6/h7,11,13-14,17H,8-10H2,1-6H3. The normalized spacial score (nSPS) is 27.9. The van der Waals surface area contributed by atoms with Crippen molar-refractivity contribution in [1.82, 2.24) is 10.2 Å². The van der Waals surface area contributed by atoms with Gasteiger partial charge in [0.05, 0.1) is 0 Å². The summed E-state index contributed by atoms with van der Waals surface area (Å²) >= 11 is 5.83. The molecule has 1 fully saturated rings. The van der Waals surface area contributed by atoms with E-state index in [9.17, 15) is 0 Å². The lowest BCUT2D eigenvalue weighted by molar-refractivity contribution is 0.0539. The van der Waals surface area contributed by atoms with E-state index in [4.69, 9.17) is 11.6 Å². The van der Waals surface area contributed by atoms with Crippen molar-refractivity contribution in [3.05, 3.63) is 11.1 Å². The van der Waals surface area contributed by atoms with Gasteiger partial charge in [-0.3, -0.25) is 4.90 Å². The van der Waals surface area contributed by atoms with Gasteiger partial charge in [-0.2, -0.15) is 0 Å². The first-order valence-corrected chi connectivity index (χ1v) is 7.42. The van der Waals surface area contributed by atoms with Gasteiger partial charge < -0.3 is 5.32 Å². The summed E-state index contributed by atoms with van der Waals surface area (Å²) < 4.78 is 0. The number of hydrogen-bond donors (Lipinski definition) is 1. The Morgan fingerprint density at radius 1 is 1.44 bits per heavy atom. The quantitative estimate of drug-likeness (QED) is 0.846. The smallest absolute Gasteiger partial charge is 0.0273 e. The molecule has 1 heterocycles. The van der Waals surface area contributed by atoms with Gasteiger partial charge in [-0.1, -0.05) is 46.2 Å². The van der Waals surface area contributed by atoms with E-state index in [1.165, 1.54) is 5.57 Å². The van der Waals surface area contributed by atoms with Gasteiger partial charge in [0, 0.05) is 37.3 Å². The van der Waals surface area contributed by atoms with Crippen LogP contribution in [0.5, 0.6) is 0 Å². The summed E-state index contributed by atoms with van der Waals surface area (Å²) in [7, 11) is 0. The van der Waals surface area contributed by atoms with Crippen LogP contribution in [0.2, 0.25) is 0 Å². The van der Waals surface area contributed by atoms with Crippen LogP contribution >= 0.6 is 11.6 Å². The molecule has 0 amide bonds. The van der Waals surface area contributed by atoms with Crippen LogP contribution in [0.25, 0.3) is 0 Å². The van der Waals surface area contributed by atoms with E-state index in [-0.39, 0.29) is 0 Å². The van der Waals surface area contributed by atoms with Crippen molar-refractivity contribution in [2.75, 3.05) is 19.6 Å². The third kappa shape index (κ3) is 4.25. The van der Waals surface area contributed by atoms with Crippen molar-refractivity contribution in [2.24, 2.45) is 11.3 Å². The van der Waals surface area contributed by atoms with E-state index in [1.807, 2.05) is 0 Å². The molecule has 0 saturated carbocycles. The summed E-state index contributed by atoms with van der Waals surface area (Å²) in [5.41, 5.74) is 3.25. The maximum atomic E-state index is 5.83. The van der Waals surface area contributed by atoms with E-state index < -0.39 is 0 Å². The minimum Gasteiger partial charge on any atom is -0.311 e. The maximum Gasteiger partial charge on any atom is 0.0273 e. The first-order chi connectivity index (χ1) is 8.25. The molecule has 1 N–H and O–H groups in total. The molecular weight excluding hydrogens is 244 g/mol. The molecule has 18 heavy (non-hydrogen) atoms. The molecule has 1 aliphatic heterocycles. The summed E-state index contributed by atoms with van der Waals surface area (Å²) in [6, 6.07) is 1.16. The minimum absolute atomic E-state index is 0.293. The van der Waals surface area contributed by atoms with Crippen LogP contribution in [0.4, 0.5) is 0 Å². The van der Waals surface area contributed by atoms with Crippen LogP contribution in [-0.2, 0) is 0 Å². The molecule has 2 atom stereocenters. The molecule has 0 aliphatic carbocycles. The van der Waals surface area contributed by atoms with Crippen LogP contribution in [0.3, 0.4) is 0 Å².